The van der Waals surface area contributed by atoms with E-state index >= 15 is 0 Å². The van der Waals surface area contributed by atoms with E-state index in [9.17, 15) is 5.11 Å². The van der Waals surface area contributed by atoms with Crippen molar-refractivity contribution in [2.75, 3.05) is 6.61 Å². The van der Waals surface area contributed by atoms with Crippen LogP contribution in [0.5, 0.6) is 5.75 Å². The van der Waals surface area contributed by atoms with Crippen molar-refractivity contribution in [3.63, 3.8) is 0 Å². The predicted molar refractivity (Wildman–Crippen MR) is 80.0 cm³/mol. The van der Waals surface area contributed by atoms with Crippen LogP contribution in [0, 0.1) is 0 Å². The molecule has 1 aliphatic rings. The Kier molecular flexibility index (Phi) is 4.03. The van der Waals surface area contributed by atoms with Gasteiger partial charge in [-0.15, -0.1) is 0 Å². The van der Waals surface area contributed by atoms with Crippen molar-refractivity contribution in [2.45, 2.75) is 31.8 Å². The smallest absolute Gasteiger partial charge is 0.122 e. The Morgan fingerprint density at radius 1 is 1.05 bits per heavy atom. The minimum atomic E-state index is -0.323. The van der Waals surface area contributed by atoms with Gasteiger partial charge in [0.1, 0.15) is 5.75 Å². The molecule has 0 amide bonds. The highest BCUT2D eigenvalue weighted by Gasteiger charge is 2.20. The number of aliphatic hydroxyl groups is 1. The first-order valence-electron chi connectivity index (χ1n) is 7.31. The number of hydrogen-bond donors (Lipinski definition) is 1. The maximum Gasteiger partial charge on any atom is 0.122 e. The highest BCUT2D eigenvalue weighted by atomic mass is 16.5. The fourth-order valence-electron chi connectivity index (χ4n) is 2.85. The Bertz CT molecular complexity index is 563. The van der Waals surface area contributed by atoms with Gasteiger partial charge in [-0.2, -0.15) is 0 Å². The van der Waals surface area contributed by atoms with Crippen LogP contribution in [0.3, 0.4) is 0 Å². The van der Waals surface area contributed by atoms with Crippen LogP contribution in [0.2, 0.25) is 0 Å². The highest BCUT2D eigenvalue weighted by Crippen LogP contribution is 2.35. The average molecular weight is 268 g/mol. The van der Waals surface area contributed by atoms with Gasteiger partial charge in [0, 0.05) is 6.42 Å². The summed E-state index contributed by atoms with van der Waals surface area (Å²) >= 11 is 0. The van der Waals surface area contributed by atoms with E-state index in [1.54, 1.807) is 0 Å². The molecule has 0 saturated carbocycles. The summed E-state index contributed by atoms with van der Waals surface area (Å²) in [5.74, 6) is 0.942. The van der Waals surface area contributed by atoms with Crippen LogP contribution in [-0.2, 0) is 12.8 Å². The molecule has 0 radical (unpaired) electrons. The molecule has 2 aromatic rings. The van der Waals surface area contributed by atoms with E-state index in [1.807, 2.05) is 24.3 Å². The van der Waals surface area contributed by atoms with Gasteiger partial charge in [0.05, 0.1) is 12.7 Å². The first-order valence-corrected chi connectivity index (χ1v) is 7.31. The van der Waals surface area contributed by atoms with Crippen LogP contribution in [-0.4, -0.2) is 11.7 Å². The minimum absolute atomic E-state index is 0.323. The fourth-order valence-corrected chi connectivity index (χ4v) is 2.85. The number of aliphatic hydroxyl groups excluding tert-OH is 1. The molecule has 0 spiro atoms. The summed E-state index contributed by atoms with van der Waals surface area (Å²) in [6.07, 6.45) is 3.49. The van der Waals surface area contributed by atoms with Gasteiger partial charge >= 0.3 is 0 Å². The van der Waals surface area contributed by atoms with E-state index in [4.69, 9.17) is 4.74 Å². The SMILES string of the molecule is OC1CCCc2c(OCCc3ccccc3)cccc21. The minimum Gasteiger partial charge on any atom is -0.493 e. The largest absolute Gasteiger partial charge is 0.493 e. The van der Waals surface area contributed by atoms with Crippen molar-refractivity contribution in [1.29, 1.82) is 0 Å². The average Bonchev–Trinajstić information content (AvgIpc) is 2.49. The number of ether oxygens (including phenoxy) is 1. The molecule has 2 heteroatoms. The Morgan fingerprint density at radius 3 is 2.75 bits per heavy atom. The Hall–Kier alpha value is -1.80. The summed E-state index contributed by atoms with van der Waals surface area (Å²) < 4.78 is 5.95. The fraction of sp³-hybridized carbons (Fsp3) is 0.333. The number of benzene rings is 2. The molecule has 1 N–H and O–H groups in total. The van der Waals surface area contributed by atoms with Crippen LogP contribution in [0.25, 0.3) is 0 Å². The number of hydrogen-bond acceptors (Lipinski definition) is 2. The topological polar surface area (TPSA) is 29.5 Å². The zero-order valence-corrected chi connectivity index (χ0v) is 11.6. The summed E-state index contributed by atoms with van der Waals surface area (Å²) in [6, 6.07) is 16.4. The monoisotopic (exact) mass is 268 g/mol. The van der Waals surface area contributed by atoms with Gasteiger partial charge in [0.15, 0.2) is 0 Å². The first-order chi connectivity index (χ1) is 9.84. The lowest BCUT2D eigenvalue weighted by atomic mass is 9.89. The van der Waals surface area contributed by atoms with Gasteiger partial charge < -0.3 is 9.84 Å². The number of fused-ring (bicyclic) bond motifs is 1. The van der Waals surface area contributed by atoms with E-state index in [1.165, 1.54) is 11.1 Å². The third-order valence-corrected chi connectivity index (χ3v) is 3.92. The molecular formula is C18H20O2. The standard InChI is InChI=1S/C18H20O2/c19-17-10-4-9-16-15(17)8-5-11-18(16)20-13-12-14-6-2-1-3-7-14/h1-3,5-8,11,17,19H,4,9-10,12-13H2. The van der Waals surface area contributed by atoms with Crippen LogP contribution in [0.4, 0.5) is 0 Å². The maximum atomic E-state index is 10.0. The summed E-state index contributed by atoms with van der Waals surface area (Å²) in [5.41, 5.74) is 3.53. The molecule has 3 rings (SSSR count). The second-order valence-electron chi connectivity index (χ2n) is 5.32. The second kappa shape index (κ2) is 6.10. The Balaban J connectivity index is 1.67. The van der Waals surface area contributed by atoms with Gasteiger partial charge in [-0.05, 0) is 42.0 Å². The summed E-state index contributed by atoms with van der Waals surface area (Å²) in [6.45, 7) is 0.677. The van der Waals surface area contributed by atoms with Crippen molar-refractivity contribution in [1.82, 2.24) is 0 Å². The molecular weight excluding hydrogens is 248 g/mol. The normalized spacial score (nSPS) is 17.6. The zero-order chi connectivity index (χ0) is 13.8. The quantitative estimate of drug-likeness (QED) is 0.916. The maximum absolute atomic E-state index is 10.0. The lowest BCUT2D eigenvalue weighted by Crippen LogP contribution is -2.12. The second-order valence-corrected chi connectivity index (χ2v) is 5.32. The van der Waals surface area contributed by atoms with E-state index in [0.29, 0.717) is 6.61 Å². The van der Waals surface area contributed by atoms with Gasteiger partial charge in [-0.1, -0.05) is 42.5 Å². The molecule has 2 nitrogen and oxygen atoms in total. The van der Waals surface area contributed by atoms with E-state index in [2.05, 4.69) is 24.3 Å². The molecule has 0 bridgehead atoms. The van der Waals surface area contributed by atoms with Gasteiger partial charge in [-0.25, -0.2) is 0 Å². The molecule has 1 unspecified atom stereocenters. The van der Waals surface area contributed by atoms with Crippen LogP contribution >= 0.6 is 0 Å². The van der Waals surface area contributed by atoms with Crippen molar-refractivity contribution < 1.29 is 9.84 Å². The van der Waals surface area contributed by atoms with Crippen molar-refractivity contribution in [3.8, 4) is 5.75 Å². The molecule has 20 heavy (non-hydrogen) atoms. The molecule has 1 atom stereocenters. The molecule has 0 aromatic heterocycles. The molecule has 0 fully saturated rings. The third-order valence-electron chi connectivity index (χ3n) is 3.92. The van der Waals surface area contributed by atoms with Crippen LogP contribution < -0.4 is 4.74 Å². The summed E-state index contributed by atoms with van der Waals surface area (Å²) in [4.78, 5) is 0. The molecule has 1 aliphatic carbocycles. The third kappa shape index (κ3) is 2.86. The van der Waals surface area contributed by atoms with Crippen molar-refractivity contribution >= 4 is 0 Å². The molecule has 104 valence electrons. The first kappa shape index (κ1) is 13.2. The van der Waals surface area contributed by atoms with Gasteiger partial charge in [0.25, 0.3) is 0 Å². The van der Waals surface area contributed by atoms with E-state index in [0.717, 1.165) is 37.0 Å². The van der Waals surface area contributed by atoms with Crippen molar-refractivity contribution in [3.05, 3.63) is 65.2 Å². The lowest BCUT2D eigenvalue weighted by Gasteiger charge is -2.23. The molecule has 2 aromatic carbocycles. The van der Waals surface area contributed by atoms with E-state index in [-0.39, 0.29) is 6.10 Å². The zero-order valence-electron chi connectivity index (χ0n) is 11.6. The van der Waals surface area contributed by atoms with Crippen LogP contribution in [0.15, 0.2) is 48.5 Å². The highest BCUT2D eigenvalue weighted by molar-refractivity contribution is 5.42. The van der Waals surface area contributed by atoms with Gasteiger partial charge in [-0.3, -0.25) is 0 Å². The number of rotatable bonds is 4. The molecule has 0 heterocycles. The Morgan fingerprint density at radius 2 is 1.90 bits per heavy atom. The predicted octanol–water partition coefficient (Wildman–Crippen LogP) is 3.68. The Labute approximate surface area is 120 Å². The van der Waals surface area contributed by atoms with Crippen LogP contribution in [0.1, 0.15) is 35.6 Å². The summed E-state index contributed by atoms with van der Waals surface area (Å²) in [7, 11) is 0. The van der Waals surface area contributed by atoms with E-state index < -0.39 is 0 Å². The lowest BCUT2D eigenvalue weighted by molar-refractivity contribution is 0.155. The molecule has 0 aliphatic heterocycles. The van der Waals surface area contributed by atoms with Gasteiger partial charge in [0.2, 0.25) is 0 Å². The summed E-state index contributed by atoms with van der Waals surface area (Å²) in [5, 5.41) is 10.0. The van der Waals surface area contributed by atoms with Crippen molar-refractivity contribution in [2.24, 2.45) is 0 Å². The molecule has 0 saturated heterocycles.